The van der Waals surface area contributed by atoms with Gasteiger partial charge in [-0.1, -0.05) is 0 Å². The van der Waals surface area contributed by atoms with Crippen LogP contribution >= 0.6 is 0 Å². The summed E-state index contributed by atoms with van der Waals surface area (Å²) >= 11 is 0. The van der Waals surface area contributed by atoms with Crippen molar-refractivity contribution >= 4 is 5.97 Å². The Morgan fingerprint density at radius 3 is 2.93 bits per heavy atom. The van der Waals surface area contributed by atoms with Gasteiger partial charge in [-0.2, -0.15) is 0 Å². The third-order valence-electron chi connectivity index (χ3n) is 2.54. The Morgan fingerprint density at radius 1 is 1.50 bits per heavy atom. The van der Waals surface area contributed by atoms with E-state index in [1.165, 1.54) is 0 Å². The quantitative estimate of drug-likeness (QED) is 0.718. The summed E-state index contributed by atoms with van der Waals surface area (Å²) < 4.78 is 1.83. The van der Waals surface area contributed by atoms with Crippen molar-refractivity contribution in [3.63, 3.8) is 0 Å². The molecule has 1 aliphatic heterocycles. The maximum atomic E-state index is 10.8. The summed E-state index contributed by atoms with van der Waals surface area (Å²) in [4.78, 5) is 14.8. The van der Waals surface area contributed by atoms with Crippen LogP contribution in [0.4, 0.5) is 0 Å². The minimum absolute atomic E-state index is 0.105. The van der Waals surface area contributed by atoms with Crippen LogP contribution in [0.3, 0.4) is 0 Å². The van der Waals surface area contributed by atoms with E-state index in [2.05, 4.69) is 4.98 Å². The first-order valence-electron chi connectivity index (χ1n) is 4.66. The third-order valence-corrected chi connectivity index (χ3v) is 2.54. The van der Waals surface area contributed by atoms with Crippen LogP contribution in [0.1, 0.15) is 34.8 Å². The summed E-state index contributed by atoms with van der Waals surface area (Å²) in [5, 5.41) is 17.9. The van der Waals surface area contributed by atoms with Gasteiger partial charge in [-0.15, -0.1) is 0 Å². The fraction of sp³-hybridized carbons (Fsp3) is 0.556. The highest BCUT2D eigenvalue weighted by Gasteiger charge is 2.23. The lowest BCUT2D eigenvalue weighted by atomic mass is 10.1. The maximum absolute atomic E-state index is 10.8. The first-order chi connectivity index (χ1) is 6.74. The van der Waals surface area contributed by atoms with E-state index >= 15 is 0 Å². The van der Waals surface area contributed by atoms with Crippen molar-refractivity contribution in [3.05, 3.63) is 17.2 Å². The summed E-state index contributed by atoms with van der Waals surface area (Å²) in [6.07, 6.45) is 2.76. The number of imidazole rings is 1. The standard InChI is InChI=1S/C9H12N2O3/c12-5-7-10-8(9(13)14)6-3-1-2-4-11(6)7/h12H,1-5H2,(H,13,14). The SMILES string of the molecule is O=C(O)c1nc(CO)n2c1CCCC2. The Hall–Kier alpha value is -1.36. The number of nitrogens with zero attached hydrogens (tertiary/aromatic N) is 2. The fourth-order valence-electron chi connectivity index (χ4n) is 1.91. The Labute approximate surface area is 81.0 Å². The third kappa shape index (κ3) is 1.29. The number of hydrogen-bond donors (Lipinski definition) is 2. The van der Waals surface area contributed by atoms with Crippen molar-refractivity contribution in [2.75, 3.05) is 0 Å². The zero-order valence-corrected chi connectivity index (χ0v) is 7.73. The number of rotatable bonds is 2. The summed E-state index contributed by atoms with van der Waals surface area (Å²) in [5.41, 5.74) is 0.863. The molecule has 2 heterocycles. The molecule has 0 saturated heterocycles. The number of aliphatic hydroxyl groups is 1. The van der Waals surface area contributed by atoms with Gasteiger partial charge in [-0.25, -0.2) is 9.78 Å². The predicted molar refractivity (Wildman–Crippen MR) is 48.0 cm³/mol. The number of carbonyl (C=O) groups is 1. The molecule has 0 aromatic carbocycles. The van der Waals surface area contributed by atoms with Crippen LogP contribution in [-0.2, 0) is 19.6 Å². The molecule has 5 nitrogen and oxygen atoms in total. The molecular formula is C9H12N2O3. The Kier molecular flexibility index (Phi) is 2.25. The Morgan fingerprint density at radius 2 is 2.29 bits per heavy atom. The van der Waals surface area contributed by atoms with Gasteiger partial charge in [0.2, 0.25) is 0 Å². The molecule has 0 fully saturated rings. The zero-order valence-electron chi connectivity index (χ0n) is 7.73. The molecule has 0 atom stereocenters. The highest BCUT2D eigenvalue weighted by molar-refractivity contribution is 5.86. The van der Waals surface area contributed by atoms with E-state index in [1.807, 2.05) is 4.57 Å². The number of carboxylic acids is 1. The summed E-state index contributed by atoms with van der Waals surface area (Å²) in [5.74, 6) is -0.535. The van der Waals surface area contributed by atoms with Crippen LogP contribution in [0.15, 0.2) is 0 Å². The lowest BCUT2D eigenvalue weighted by molar-refractivity contribution is 0.0689. The van der Waals surface area contributed by atoms with E-state index in [4.69, 9.17) is 10.2 Å². The van der Waals surface area contributed by atoms with Gasteiger partial charge in [0.1, 0.15) is 12.4 Å². The second-order valence-electron chi connectivity index (χ2n) is 3.40. The number of carboxylic acid groups (broad SMARTS) is 1. The van der Waals surface area contributed by atoms with Gasteiger partial charge >= 0.3 is 5.97 Å². The van der Waals surface area contributed by atoms with Crippen LogP contribution < -0.4 is 0 Å². The van der Waals surface area contributed by atoms with Crippen LogP contribution in [0, 0.1) is 0 Å². The first kappa shape index (κ1) is 9.21. The molecule has 76 valence electrons. The lowest BCUT2D eigenvalue weighted by Crippen LogP contribution is -2.14. The monoisotopic (exact) mass is 196 g/mol. The minimum Gasteiger partial charge on any atom is -0.476 e. The van der Waals surface area contributed by atoms with E-state index < -0.39 is 5.97 Å². The molecule has 0 radical (unpaired) electrons. The van der Waals surface area contributed by atoms with Gasteiger partial charge in [0.15, 0.2) is 5.69 Å². The molecule has 5 heteroatoms. The van der Waals surface area contributed by atoms with Gasteiger partial charge < -0.3 is 14.8 Å². The number of hydrogen-bond acceptors (Lipinski definition) is 3. The van der Waals surface area contributed by atoms with Gasteiger partial charge in [-0.05, 0) is 19.3 Å². The van der Waals surface area contributed by atoms with Crippen LogP contribution in [0.5, 0.6) is 0 Å². The number of aromatic nitrogens is 2. The molecule has 0 unspecified atom stereocenters. The molecule has 2 N–H and O–H groups in total. The average molecular weight is 196 g/mol. The normalized spacial score (nSPS) is 15.2. The molecule has 0 amide bonds. The second-order valence-corrected chi connectivity index (χ2v) is 3.40. The van der Waals surface area contributed by atoms with Gasteiger partial charge in [-0.3, -0.25) is 0 Å². The van der Waals surface area contributed by atoms with Crippen molar-refractivity contribution in [1.29, 1.82) is 0 Å². The van der Waals surface area contributed by atoms with Crippen LogP contribution in [0.25, 0.3) is 0 Å². The van der Waals surface area contributed by atoms with Gasteiger partial charge in [0, 0.05) is 6.54 Å². The average Bonchev–Trinajstić information content (AvgIpc) is 2.56. The van der Waals surface area contributed by atoms with Crippen molar-refractivity contribution in [2.45, 2.75) is 32.4 Å². The van der Waals surface area contributed by atoms with Crippen molar-refractivity contribution in [2.24, 2.45) is 0 Å². The molecule has 2 rings (SSSR count). The lowest BCUT2D eigenvalue weighted by Gasteiger charge is -2.15. The van der Waals surface area contributed by atoms with Crippen molar-refractivity contribution < 1.29 is 15.0 Å². The molecule has 1 aliphatic rings. The molecule has 0 saturated carbocycles. The predicted octanol–water partition coefficient (Wildman–Crippen LogP) is 0.410. The minimum atomic E-state index is -1.00. The van der Waals surface area contributed by atoms with E-state index in [0.717, 1.165) is 31.5 Å². The molecule has 0 spiro atoms. The van der Waals surface area contributed by atoms with Crippen LogP contribution in [-0.4, -0.2) is 25.7 Å². The molecule has 14 heavy (non-hydrogen) atoms. The topological polar surface area (TPSA) is 75.3 Å². The molecule has 0 bridgehead atoms. The van der Waals surface area contributed by atoms with E-state index in [0.29, 0.717) is 5.82 Å². The number of aliphatic hydroxyl groups excluding tert-OH is 1. The maximum Gasteiger partial charge on any atom is 0.356 e. The van der Waals surface area contributed by atoms with Gasteiger partial charge in [0.25, 0.3) is 0 Å². The summed E-state index contributed by atoms with van der Waals surface area (Å²) in [7, 11) is 0. The van der Waals surface area contributed by atoms with Crippen molar-refractivity contribution in [3.8, 4) is 0 Å². The zero-order chi connectivity index (χ0) is 10.1. The van der Waals surface area contributed by atoms with Crippen LogP contribution in [0.2, 0.25) is 0 Å². The Balaban J connectivity index is 2.52. The molecule has 1 aromatic heterocycles. The second kappa shape index (κ2) is 3.42. The van der Waals surface area contributed by atoms with E-state index in [9.17, 15) is 4.79 Å². The first-order valence-corrected chi connectivity index (χ1v) is 4.66. The van der Waals surface area contributed by atoms with Crippen molar-refractivity contribution in [1.82, 2.24) is 9.55 Å². The highest BCUT2D eigenvalue weighted by atomic mass is 16.4. The van der Waals surface area contributed by atoms with E-state index in [-0.39, 0.29) is 12.3 Å². The van der Waals surface area contributed by atoms with E-state index in [1.54, 1.807) is 0 Å². The molecule has 0 aliphatic carbocycles. The molecule has 1 aromatic rings. The fourth-order valence-corrected chi connectivity index (χ4v) is 1.91. The Bertz CT molecular complexity index is 370. The number of fused-ring (bicyclic) bond motifs is 1. The summed E-state index contributed by atoms with van der Waals surface area (Å²) in [6.45, 7) is 0.575. The smallest absolute Gasteiger partial charge is 0.356 e. The largest absolute Gasteiger partial charge is 0.476 e. The summed E-state index contributed by atoms with van der Waals surface area (Å²) in [6, 6.07) is 0. The van der Waals surface area contributed by atoms with Gasteiger partial charge in [0.05, 0.1) is 5.69 Å². The highest BCUT2D eigenvalue weighted by Crippen LogP contribution is 2.20. The molecular weight excluding hydrogens is 184 g/mol. The number of aromatic carboxylic acids is 1.